The fraction of sp³-hybridized carbons (Fsp3) is 0.222. The van der Waals surface area contributed by atoms with Gasteiger partial charge >= 0.3 is 0 Å². The van der Waals surface area contributed by atoms with Gasteiger partial charge in [-0.3, -0.25) is 9.36 Å². The molecule has 23 heavy (non-hydrogen) atoms. The highest BCUT2D eigenvalue weighted by Gasteiger charge is 2.15. The molecular weight excluding hydrogens is 406 g/mol. The molecule has 0 aliphatic carbocycles. The molecule has 0 aliphatic heterocycles. The van der Waals surface area contributed by atoms with E-state index < -0.39 is 0 Å². The first kappa shape index (κ1) is 16.1. The van der Waals surface area contributed by atoms with Crippen LogP contribution in [0.25, 0.3) is 16.6 Å². The maximum atomic E-state index is 13.8. The van der Waals surface area contributed by atoms with E-state index in [0.29, 0.717) is 26.7 Å². The average molecular weight is 422 g/mol. The van der Waals surface area contributed by atoms with E-state index in [1.165, 1.54) is 6.07 Å². The highest BCUT2D eigenvalue weighted by molar-refractivity contribution is 14.1. The molecule has 0 N–H and O–H groups in total. The molecule has 0 bridgehead atoms. The number of hydrogen-bond acceptors (Lipinski definition) is 2. The minimum atomic E-state index is -0.351. The number of aromatic nitrogens is 2. The van der Waals surface area contributed by atoms with Crippen LogP contribution >= 0.6 is 22.6 Å². The predicted octanol–water partition coefficient (Wildman–Crippen LogP) is 4.31. The molecule has 3 aromatic rings. The maximum Gasteiger partial charge on any atom is 0.266 e. The summed E-state index contributed by atoms with van der Waals surface area (Å²) in [6.07, 6.45) is 0.589. The molecule has 5 heteroatoms. The summed E-state index contributed by atoms with van der Waals surface area (Å²) in [5.74, 6) is 0.284. The molecule has 0 spiro atoms. The number of hydrogen-bond donors (Lipinski definition) is 0. The molecule has 0 atom stereocenters. The van der Waals surface area contributed by atoms with Gasteiger partial charge in [-0.2, -0.15) is 0 Å². The Hall–Kier alpha value is -1.76. The largest absolute Gasteiger partial charge is 0.268 e. The average Bonchev–Trinajstić information content (AvgIpc) is 2.50. The van der Waals surface area contributed by atoms with E-state index in [0.717, 1.165) is 16.8 Å². The third-order valence-electron chi connectivity index (χ3n) is 3.89. The number of halogens is 2. The van der Waals surface area contributed by atoms with E-state index in [2.05, 4.69) is 4.98 Å². The Bertz CT molecular complexity index is 979. The van der Waals surface area contributed by atoms with E-state index in [9.17, 15) is 9.18 Å². The SMILES string of the molecule is CCc1nc2cc(F)c(I)cc2c(=O)n1-c1ccc(C)cc1C. The van der Waals surface area contributed by atoms with Gasteiger partial charge in [-0.25, -0.2) is 9.37 Å². The molecule has 3 nitrogen and oxygen atoms in total. The maximum absolute atomic E-state index is 13.8. The van der Waals surface area contributed by atoms with E-state index >= 15 is 0 Å². The van der Waals surface area contributed by atoms with Crippen LogP contribution in [0.5, 0.6) is 0 Å². The van der Waals surface area contributed by atoms with Gasteiger partial charge in [0.25, 0.3) is 5.56 Å². The van der Waals surface area contributed by atoms with Gasteiger partial charge in [0.2, 0.25) is 0 Å². The standard InChI is InChI=1S/C18H16FIN2O/c1-4-17-21-15-9-13(19)14(20)8-12(15)18(23)22(17)16-6-5-10(2)7-11(16)3/h5-9H,4H2,1-3H3. The van der Waals surface area contributed by atoms with Crippen LogP contribution < -0.4 is 5.56 Å². The zero-order valence-corrected chi connectivity index (χ0v) is 15.3. The van der Waals surface area contributed by atoms with Gasteiger partial charge in [0.05, 0.1) is 16.6 Å². The molecule has 1 heterocycles. The molecule has 0 unspecified atom stereocenters. The smallest absolute Gasteiger partial charge is 0.266 e. The lowest BCUT2D eigenvalue weighted by atomic mass is 10.1. The Morgan fingerprint density at radius 3 is 2.61 bits per heavy atom. The lowest BCUT2D eigenvalue weighted by Gasteiger charge is -2.15. The minimum Gasteiger partial charge on any atom is -0.268 e. The normalized spacial score (nSPS) is 11.2. The van der Waals surface area contributed by atoms with Gasteiger partial charge in [-0.15, -0.1) is 0 Å². The number of rotatable bonds is 2. The van der Waals surface area contributed by atoms with Crippen LogP contribution in [0.3, 0.4) is 0 Å². The number of nitrogens with zero attached hydrogens (tertiary/aromatic N) is 2. The predicted molar refractivity (Wildman–Crippen MR) is 98.9 cm³/mol. The number of benzene rings is 2. The Labute approximate surface area is 147 Å². The van der Waals surface area contributed by atoms with Crippen LogP contribution in [0.2, 0.25) is 0 Å². The molecule has 2 aromatic carbocycles. The molecule has 0 fully saturated rings. The lowest BCUT2D eigenvalue weighted by Crippen LogP contribution is -2.24. The van der Waals surface area contributed by atoms with Crippen LogP contribution in [0, 0.1) is 23.2 Å². The van der Waals surface area contributed by atoms with Crippen molar-refractivity contribution in [3.8, 4) is 5.69 Å². The number of aryl methyl sites for hydroxylation is 3. The van der Waals surface area contributed by atoms with Crippen molar-refractivity contribution in [2.45, 2.75) is 27.2 Å². The van der Waals surface area contributed by atoms with Crippen molar-refractivity contribution in [2.24, 2.45) is 0 Å². The molecule has 0 amide bonds. The number of fused-ring (bicyclic) bond motifs is 1. The van der Waals surface area contributed by atoms with Crippen molar-refractivity contribution in [1.29, 1.82) is 0 Å². The first-order chi connectivity index (χ1) is 10.9. The molecule has 3 rings (SSSR count). The Morgan fingerprint density at radius 1 is 1.22 bits per heavy atom. The topological polar surface area (TPSA) is 34.9 Å². The monoisotopic (exact) mass is 422 g/mol. The summed E-state index contributed by atoms with van der Waals surface area (Å²) in [5, 5.41) is 0.438. The zero-order chi connectivity index (χ0) is 16.7. The van der Waals surface area contributed by atoms with Crippen molar-refractivity contribution in [1.82, 2.24) is 9.55 Å². The van der Waals surface area contributed by atoms with Gasteiger partial charge in [0.15, 0.2) is 0 Å². The van der Waals surface area contributed by atoms with E-state index in [1.54, 1.807) is 10.6 Å². The third-order valence-corrected chi connectivity index (χ3v) is 4.72. The molecule has 0 radical (unpaired) electrons. The molecule has 0 aliphatic rings. The van der Waals surface area contributed by atoms with Gasteiger partial charge in [0.1, 0.15) is 11.6 Å². The minimum absolute atomic E-state index is 0.156. The second-order valence-corrected chi connectivity index (χ2v) is 6.76. The summed E-state index contributed by atoms with van der Waals surface area (Å²) in [6, 6.07) is 8.86. The Morgan fingerprint density at radius 2 is 1.96 bits per heavy atom. The third kappa shape index (κ3) is 2.78. The first-order valence-electron chi connectivity index (χ1n) is 7.40. The van der Waals surface area contributed by atoms with E-state index in [-0.39, 0.29) is 11.4 Å². The van der Waals surface area contributed by atoms with E-state index in [1.807, 2.05) is 61.6 Å². The second-order valence-electron chi connectivity index (χ2n) is 5.60. The van der Waals surface area contributed by atoms with Crippen LogP contribution in [0.4, 0.5) is 4.39 Å². The van der Waals surface area contributed by atoms with Crippen molar-refractivity contribution in [2.75, 3.05) is 0 Å². The second kappa shape index (κ2) is 6.03. The van der Waals surface area contributed by atoms with E-state index in [4.69, 9.17) is 0 Å². The summed E-state index contributed by atoms with van der Waals surface area (Å²) in [5.41, 5.74) is 3.23. The zero-order valence-electron chi connectivity index (χ0n) is 13.2. The highest BCUT2D eigenvalue weighted by Crippen LogP contribution is 2.21. The molecule has 0 saturated heterocycles. The van der Waals surface area contributed by atoms with Crippen LogP contribution in [0.15, 0.2) is 35.1 Å². The van der Waals surface area contributed by atoms with Crippen LogP contribution in [-0.2, 0) is 6.42 Å². The summed E-state index contributed by atoms with van der Waals surface area (Å²) < 4.78 is 15.9. The fourth-order valence-corrected chi connectivity index (χ4v) is 3.24. The van der Waals surface area contributed by atoms with Crippen molar-refractivity contribution in [3.05, 3.63) is 67.0 Å². The van der Waals surface area contributed by atoms with Crippen LogP contribution in [0.1, 0.15) is 23.9 Å². The fourth-order valence-electron chi connectivity index (χ4n) is 2.77. The molecule has 1 aromatic heterocycles. The summed E-state index contributed by atoms with van der Waals surface area (Å²) in [6.45, 7) is 5.94. The quantitative estimate of drug-likeness (QED) is 0.577. The summed E-state index contributed by atoms with van der Waals surface area (Å²) in [4.78, 5) is 17.5. The van der Waals surface area contributed by atoms with Gasteiger partial charge < -0.3 is 0 Å². The first-order valence-corrected chi connectivity index (χ1v) is 8.48. The Kier molecular flexibility index (Phi) is 4.23. The van der Waals surface area contributed by atoms with Crippen molar-refractivity contribution in [3.63, 3.8) is 0 Å². The highest BCUT2D eigenvalue weighted by atomic mass is 127. The van der Waals surface area contributed by atoms with Crippen molar-refractivity contribution >= 4 is 33.5 Å². The molecular formula is C18H16FIN2O. The molecule has 118 valence electrons. The van der Waals surface area contributed by atoms with Gasteiger partial charge in [0, 0.05) is 16.1 Å². The Balaban J connectivity index is 2.42. The lowest BCUT2D eigenvalue weighted by molar-refractivity contribution is 0.621. The molecule has 0 saturated carbocycles. The summed E-state index contributed by atoms with van der Waals surface area (Å²) in [7, 11) is 0. The van der Waals surface area contributed by atoms with Crippen LogP contribution in [-0.4, -0.2) is 9.55 Å². The van der Waals surface area contributed by atoms with Crippen molar-refractivity contribution < 1.29 is 4.39 Å². The van der Waals surface area contributed by atoms with Gasteiger partial charge in [-0.1, -0.05) is 24.6 Å². The van der Waals surface area contributed by atoms with Gasteiger partial charge in [-0.05, 0) is 54.1 Å². The summed E-state index contributed by atoms with van der Waals surface area (Å²) >= 11 is 1.89.